The van der Waals surface area contributed by atoms with E-state index >= 15 is 0 Å². The van der Waals surface area contributed by atoms with Crippen molar-refractivity contribution in [2.75, 3.05) is 12.3 Å². The third-order valence-corrected chi connectivity index (χ3v) is 5.30. The Labute approximate surface area is 156 Å². The molecule has 0 saturated heterocycles. The molecule has 136 valence electrons. The first-order chi connectivity index (χ1) is 12.5. The third-order valence-electron chi connectivity index (χ3n) is 4.33. The monoisotopic (exact) mass is 371 g/mol. The molecule has 0 amide bonds. The molecule has 1 aliphatic rings. The Kier molecular flexibility index (Phi) is 5.56. The van der Waals surface area contributed by atoms with Gasteiger partial charge in [-0.25, -0.2) is 14.8 Å². The van der Waals surface area contributed by atoms with Crippen molar-refractivity contribution in [2.45, 2.75) is 43.5 Å². The van der Waals surface area contributed by atoms with E-state index in [1.165, 1.54) is 29.1 Å². The van der Waals surface area contributed by atoms with Gasteiger partial charge < -0.3 is 10.5 Å². The molecular formula is C19H21N3O3S. The molecule has 2 aromatic rings. The number of hydrogen-bond donors (Lipinski definition) is 1. The Balaban J connectivity index is 1.71. The van der Waals surface area contributed by atoms with Crippen LogP contribution in [0.3, 0.4) is 0 Å². The van der Waals surface area contributed by atoms with Crippen molar-refractivity contribution < 1.29 is 14.3 Å². The van der Waals surface area contributed by atoms with Gasteiger partial charge in [0.05, 0.1) is 11.9 Å². The molecule has 1 aromatic carbocycles. The van der Waals surface area contributed by atoms with Crippen LogP contribution in [0.4, 0.5) is 5.82 Å². The van der Waals surface area contributed by atoms with Crippen LogP contribution in [0.1, 0.15) is 52.1 Å². The lowest BCUT2D eigenvalue weighted by Gasteiger charge is -2.11. The van der Waals surface area contributed by atoms with Crippen LogP contribution in [-0.2, 0) is 17.6 Å². The van der Waals surface area contributed by atoms with Gasteiger partial charge in [0.15, 0.2) is 10.9 Å². The van der Waals surface area contributed by atoms with Crippen molar-refractivity contribution in [2.24, 2.45) is 0 Å². The highest BCUT2D eigenvalue weighted by atomic mass is 32.2. The molecule has 1 atom stereocenters. The van der Waals surface area contributed by atoms with E-state index in [-0.39, 0.29) is 29.0 Å². The summed E-state index contributed by atoms with van der Waals surface area (Å²) in [7, 11) is 0. The first kappa shape index (κ1) is 18.4. The average Bonchev–Trinajstić information content (AvgIpc) is 3.09. The summed E-state index contributed by atoms with van der Waals surface area (Å²) >= 11 is 1.22. The van der Waals surface area contributed by atoms with Gasteiger partial charge in [0.2, 0.25) is 0 Å². The number of ether oxygens (including phenoxy) is 1. The summed E-state index contributed by atoms with van der Waals surface area (Å²) in [6.07, 6.45) is 4.62. The highest BCUT2D eigenvalue weighted by Crippen LogP contribution is 2.27. The number of benzene rings is 1. The number of carbonyl (C=O) groups is 2. The number of nitrogens with two attached hydrogens (primary N) is 1. The summed E-state index contributed by atoms with van der Waals surface area (Å²) in [4.78, 5) is 32.7. The average molecular weight is 371 g/mol. The van der Waals surface area contributed by atoms with Gasteiger partial charge in [-0.15, -0.1) is 0 Å². The Morgan fingerprint density at radius 3 is 2.81 bits per heavy atom. The fourth-order valence-electron chi connectivity index (χ4n) is 2.97. The predicted molar refractivity (Wildman–Crippen MR) is 101 cm³/mol. The van der Waals surface area contributed by atoms with Crippen molar-refractivity contribution in [3.8, 4) is 0 Å². The highest BCUT2D eigenvalue weighted by molar-refractivity contribution is 8.00. The number of aryl methyl sites for hydroxylation is 2. The smallest absolute Gasteiger partial charge is 0.343 e. The second-order valence-corrected chi connectivity index (χ2v) is 7.44. The number of Topliss-reactive ketones (excluding diaryl/α,β-unsaturated/α-hetero) is 1. The van der Waals surface area contributed by atoms with Crippen molar-refractivity contribution in [3.05, 3.63) is 46.6 Å². The second kappa shape index (κ2) is 7.86. The van der Waals surface area contributed by atoms with E-state index < -0.39 is 5.97 Å². The first-order valence-electron chi connectivity index (χ1n) is 8.62. The summed E-state index contributed by atoms with van der Waals surface area (Å²) in [5, 5.41) is -0.000134. The van der Waals surface area contributed by atoms with Crippen LogP contribution in [0.25, 0.3) is 0 Å². The van der Waals surface area contributed by atoms with E-state index in [2.05, 4.69) is 16.0 Å². The zero-order valence-corrected chi connectivity index (χ0v) is 15.6. The standard InChI is InChI=1S/C19H21N3O3S/c1-3-25-18(24)15-10-21-19(22-17(15)20)26-11(2)16(23)14-8-7-12-5-4-6-13(12)9-14/h7-11H,3-6H2,1-2H3,(H2,20,21,22). The van der Waals surface area contributed by atoms with Gasteiger partial charge in [0.1, 0.15) is 11.4 Å². The van der Waals surface area contributed by atoms with Crippen LogP contribution >= 0.6 is 11.8 Å². The number of nitrogens with zero attached hydrogens (tertiary/aromatic N) is 2. The molecule has 0 aliphatic heterocycles. The minimum Gasteiger partial charge on any atom is -0.462 e. The van der Waals surface area contributed by atoms with E-state index in [9.17, 15) is 9.59 Å². The Bertz CT molecular complexity index is 854. The van der Waals surface area contributed by atoms with Gasteiger partial charge in [0, 0.05) is 11.8 Å². The van der Waals surface area contributed by atoms with Crippen LogP contribution in [0.5, 0.6) is 0 Å². The summed E-state index contributed by atoms with van der Waals surface area (Å²) in [5.74, 6) is -0.469. The summed E-state index contributed by atoms with van der Waals surface area (Å²) in [6, 6.07) is 5.94. The van der Waals surface area contributed by atoms with Crippen molar-refractivity contribution in [3.63, 3.8) is 0 Å². The van der Waals surface area contributed by atoms with Gasteiger partial charge in [0.25, 0.3) is 0 Å². The highest BCUT2D eigenvalue weighted by Gasteiger charge is 2.21. The van der Waals surface area contributed by atoms with E-state index in [0.29, 0.717) is 10.7 Å². The maximum atomic E-state index is 12.7. The predicted octanol–water partition coefficient (Wildman–Crippen LogP) is 3.09. The topological polar surface area (TPSA) is 95.2 Å². The number of carbonyl (C=O) groups excluding carboxylic acids is 2. The van der Waals surface area contributed by atoms with Crippen LogP contribution in [0, 0.1) is 0 Å². The van der Waals surface area contributed by atoms with Gasteiger partial charge in [-0.05, 0) is 50.3 Å². The molecule has 1 aromatic heterocycles. The fourth-order valence-corrected chi connectivity index (χ4v) is 3.80. The number of anilines is 1. The largest absolute Gasteiger partial charge is 0.462 e. The van der Waals surface area contributed by atoms with E-state index in [0.717, 1.165) is 19.3 Å². The molecule has 7 heteroatoms. The van der Waals surface area contributed by atoms with E-state index in [1.807, 2.05) is 19.1 Å². The SMILES string of the molecule is CCOC(=O)c1cnc(SC(C)C(=O)c2ccc3c(c2)CCC3)nc1N. The number of thioether (sulfide) groups is 1. The number of fused-ring (bicyclic) bond motifs is 1. The lowest BCUT2D eigenvalue weighted by atomic mass is 10.0. The number of rotatable bonds is 6. The number of hydrogen-bond acceptors (Lipinski definition) is 7. The molecule has 1 unspecified atom stereocenters. The Hall–Kier alpha value is -2.41. The lowest BCUT2D eigenvalue weighted by Crippen LogP contribution is -2.15. The second-order valence-electron chi connectivity index (χ2n) is 6.13. The van der Waals surface area contributed by atoms with Gasteiger partial charge in [-0.2, -0.15) is 0 Å². The van der Waals surface area contributed by atoms with Crippen LogP contribution in [-0.4, -0.2) is 33.6 Å². The van der Waals surface area contributed by atoms with Gasteiger partial charge >= 0.3 is 5.97 Å². The van der Waals surface area contributed by atoms with Crippen LogP contribution < -0.4 is 5.73 Å². The van der Waals surface area contributed by atoms with Crippen molar-refractivity contribution >= 4 is 29.3 Å². The third kappa shape index (κ3) is 3.88. The van der Waals surface area contributed by atoms with E-state index in [1.54, 1.807) is 6.92 Å². The zero-order valence-electron chi connectivity index (χ0n) is 14.8. The molecular weight excluding hydrogens is 350 g/mol. The summed E-state index contributed by atoms with van der Waals surface area (Å²) in [5.41, 5.74) is 9.28. The van der Waals surface area contributed by atoms with Crippen LogP contribution in [0.15, 0.2) is 29.6 Å². The molecule has 1 aliphatic carbocycles. The molecule has 0 saturated carbocycles. The molecule has 3 rings (SSSR count). The molecule has 0 radical (unpaired) electrons. The molecule has 1 heterocycles. The van der Waals surface area contributed by atoms with Crippen molar-refractivity contribution in [1.29, 1.82) is 0 Å². The fraction of sp³-hybridized carbons (Fsp3) is 0.368. The molecule has 0 spiro atoms. The quantitative estimate of drug-likeness (QED) is 0.361. The minimum absolute atomic E-state index is 0.0290. The first-order valence-corrected chi connectivity index (χ1v) is 9.50. The zero-order chi connectivity index (χ0) is 18.7. The minimum atomic E-state index is -0.552. The van der Waals surface area contributed by atoms with Crippen molar-refractivity contribution in [1.82, 2.24) is 9.97 Å². The van der Waals surface area contributed by atoms with Gasteiger partial charge in [-0.3, -0.25) is 4.79 Å². The Morgan fingerprint density at radius 2 is 2.08 bits per heavy atom. The van der Waals surface area contributed by atoms with Gasteiger partial charge in [-0.1, -0.05) is 23.9 Å². The molecule has 2 N–H and O–H groups in total. The maximum Gasteiger partial charge on any atom is 0.343 e. The molecule has 0 bridgehead atoms. The van der Waals surface area contributed by atoms with E-state index in [4.69, 9.17) is 10.5 Å². The molecule has 26 heavy (non-hydrogen) atoms. The normalized spacial score (nSPS) is 13.9. The van der Waals surface area contributed by atoms with Crippen LogP contribution in [0.2, 0.25) is 0 Å². The number of nitrogen functional groups attached to an aromatic ring is 1. The lowest BCUT2D eigenvalue weighted by molar-refractivity contribution is 0.0526. The number of esters is 1. The number of aromatic nitrogens is 2. The summed E-state index contributed by atoms with van der Waals surface area (Å²) in [6.45, 7) is 3.78. The molecule has 0 fully saturated rings. The number of ketones is 1. The molecule has 6 nitrogen and oxygen atoms in total. The maximum absolute atomic E-state index is 12.7. The summed E-state index contributed by atoms with van der Waals surface area (Å²) < 4.78 is 4.90. The Morgan fingerprint density at radius 1 is 1.31 bits per heavy atom.